The SMILES string of the molecule is CC(=O)/C=C1/CCCC1C. The fourth-order valence-corrected chi connectivity index (χ4v) is 1.52. The fraction of sp³-hybridized carbons (Fsp3) is 0.667. The topological polar surface area (TPSA) is 17.1 Å². The maximum atomic E-state index is 10.7. The lowest BCUT2D eigenvalue weighted by Crippen LogP contribution is -1.92. The minimum Gasteiger partial charge on any atom is -0.295 e. The normalized spacial score (nSPS) is 29.4. The lowest BCUT2D eigenvalue weighted by molar-refractivity contribution is -0.112. The molecule has 0 N–H and O–H groups in total. The Kier molecular flexibility index (Phi) is 2.25. The first kappa shape index (κ1) is 7.52. The van der Waals surface area contributed by atoms with Gasteiger partial charge in [-0.25, -0.2) is 0 Å². The van der Waals surface area contributed by atoms with E-state index in [2.05, 4.69) is 6.92 Å². The Morgan fingerprint density at radius 1 is 1.70 bits per heavy atom. The summed E-state index contributed by atoms with van der Waals surface area (Å²) >= 11 is 0. The first-order valence-corrected chi connectivity index (χ1v) is 3.91. The molecule has 1 saturated carbocycles. The predicted octanol–water partition coefficient (Wildman–Crippen LogP) is 2.32. The van der Waals surface area contributed by atoms with Gasteiger partial charge in [0.25, 0.3) is 0 Å². The summed E-state index contributed by atoms with van der Waals surface area (Å²) < 4.78 is 0. The van der Waals surface area contributed by atoms with Gasteiger partial charge in [-0.1, -0.05) is 12.5 Å². The van der Waals surface area contributed by atoms with Crippen molar-refractivity contribution in [1.82, 2.24) is 0 Å². The second-order valence-electron chi connectivity index (χ2n) is 3.12. The molecule has 1 nitrogen and oxygen atoms in total. The van der Waals surface area contributed by atoms with Crippen molar-refractivity contribution in [3.63, 3.8) is 0 Å². The van der Waals surface area contributed by atoms with Gasteiger partial charge in [0.05, 0.1) is 0 Å². The third-order valence-electron chi connectivity index (χ3n) is 2.12. The van der Waals surface area contributed by atoms with Crippen LogP contribution < -0.4 is 0 Å². The molecule has 0 saturated heterocycles. The molecule has 1 fully saturated rings. The highest BCUT2D eigenvalue weighted by atomic mass is 16.1. The molecule has 0 bridgehead atoms. The summed E-state index contributed by atoms with van der Waals surface area (Å²) in [6, 6.07) is 0. The van der Waals surface area contributed by atoms with Gasteiger partial charge >= 0.3 is 0 Å². The van der Waals surface area contributed by atoms with Crippen LogP contribution in [0.3, 0.4) is 0 Å². The van der Waals surface area contributed by atoms with Crippen LogP contribution in [0.5, 0.6) is 0 Å². The van der Waals surface area contributed by atoms with E-state index in [1.54, 1.807) is 13.0 Å². The molecular formula is C9H14O. The molecule has 1 aliphatic rings. The molecule has 0 radical (unpaired) electrons. The molecule has 10 heavy (non-hydrogen) atoms. The van der Waals surface area contributed by atoms with Crippen LogP contribution in [0, 0.1) is 5.92 Å². The van der Waals surface area contributed by atoms with Gasteiger partial charge in [-0.3, -0.25) is 4.79 Å². The minimum absolute atomic E-state index is 0.198. The number of rotatable bonds is 1. The highest BCUT2D eigenvalue weighted by Gasteiger charge is 2.15. The Bertz CT molecular complexity index is 168. The van der Waals surface area contributed by atoms with Crippen LogP contribution in [0.4, 0.5) is 0 Å². The van der Waals surface area contributed by atoms with Gasteiger partial charge < -0.3 is 0 Å². The lowest BCUT2D eigenvalue weighted by atomic mass is 10.0. The first-order chi connectivity index (χ1) is 4.70. The maximum absolute atomic E-state index is 10.7. The molecule has 0 aromatic rings. The van der Waals surface area contributed by atoms with Crippen molar-refractivity contribution in [3.05, 3.63) is 11.6 Å². The zero-order chi connectivity index (χ0) is 7.56. The maximum Gasteiger partial charge on any atom is 0.152 e. The van der Waals surface area contributed by atoms with Gasteiger partial charge in [0, 0.05) is 0 Å². The summed E-state index contributed by atoms with van der Waals surface area (Å²) in [5, 5.41) is 0. The van der Waals surface area contributed by atoms with Crippen molar-refractivity contribution in [2.45, 2.75) is 33.1 Å². The largest absolute Gasteiger partial charge is 0.295 e. The average Bonchev–Trinajstić information content (AvgIpc) is 2.15. The van der Waals surface area contributed by atoms with Crippen molar-refractivity contribution in [2.24, 2.45) is 5.92 Å². The minimum atomic E-state index is 0.198. The fourth-order valence-electron chi connectivity index (χ4n) is 1.52. The van der Waals surface area contributed by atoms with E-state index in [1.165, 1.54) is 18.4 Å². The molecule has 1 atom stereocenters. The summed E-state index contributed by atoms with van der Waals surface area (Å²) in [4.78, 5) is 10.7. The molecule has 0 heterocycles. The number of hydrogen-bond donors (Lipinski definition) is 0. The van der Waals surface area contributed by atoms with Crippen LogP contribution in [0.1, 0.15) is 33.1 Å². The van der Waals surface area contributed by atoms with E-state index in [0.29, 0.717) is 5.92 Å². The van der Waals surface area contributed by atoms with Crippen LogP contribution in [0.2, 0.25) is 0 Å². The molecule has 1 heteroatoms. The van der Waals surface area contributed by atoms with Crippen molar-refractivity contribution in [1.29, 1.82) is 0 Å². The van der Waals surface area contributed by atoms with Crippen LogP contribution in [0.25, 0.3) is 0 Å². The van der Waals surface area contributed by atoms with Gasteiger partial charge in [0.2, 0.25) is 0 Å². The van der Waals surface area contributed by atoms with E-state index in [-0.39, 0.29) is 5.78 Å². The third kappa shape index (κ3) is 1.69. The molecule has 1 unspecified atom stereocenters. The molecule has 1 aliphatic carbocycles. The molecule has 0 aromatic heterocycles. The van der Waals surface area contributed by atoms with Crippen LogP contribution in [0.15, 0.2) is 11.6 Å². The smallest absolute Gasteiger partial charge is 0.152 e. The van der Waals surface area contributed by atoms with Gasteiger partial charge in [0.1, 0.15) is 0 Å². The highest BCUT2D eigenvalue weighted by Crippen LogP contribution is 2.29. The molecule has 0 spiro atoms. The number of allylic oxidation sites excluding steroid dienone is 2. The van der Waals surface area contributed by atoms with Crippen LogP contribution in [-0.4, -0.2) is 5.78 Å². The van der Waals surface area contributed by atoms with E-state index in [4.69, 9.17) is 0 Å². The standard InChI is InChI=1S/C9H14O/c1-7-4-3-5-9(7)6-8(2)10/h6-7H,3-5H2,1-2H3/b9-6-. The summed E-state index contributed by atoms with van der Waals surface area (Å²) in [5.74, 6) is 0.854. The number of carbonyl (C=O) groups is 1. The lowest BCUT2D eigenvalue weighted by Gasteiger charge is -2.01. The highest BCUT2D eigenvalue weighted by molar-refractivity contribution is 5.88. The van der Waals surface area contributed by atoms with Crippen LogP contribution >= 0.6 is 0 Å². The van der Waals surface area contributed by atoms with Crippen molar-refractivity contribution >= 4 is 5.78 Å². The molecule has 0 aliphatic heterocycles. The van der Waals surface area contributed by atoms with Gasteiger partial charge in [-0.15, -0.1) is 0 Å². The first-order valence-electron chi connectivity index (χ1n) is 3.91. The summed E-state index contributed by atoms with van der Waals surface area (Å²) in [5.41, 5.74) is 1.35. The summed E-state index contributed by atoms with van der Waals surface area (Å²) in [6.45, 7) is 3.82. The van der Waals surface area contributed by atoms with E-state index >= 15 is 0 Å². The Balaban J connectivity index is 2.62. The molecule has 56 valence electrons. The molecular weight excluding hydrogens is 124 g/mol. The summed E-state index contributed by atoms with van der Waals surface area (Å²) in [7, 11) is 0. The van der Waals surface area contributed by atoms with Gasteiger partial charge in [0.15, 0.2) is 5.78 Å². The summed E-state index contributed by atoms with van der Waals surface area (Å²) in [6.07, 6.45) is 5.47. The number of carbonyl (C=O) groups excluding carboxylic acids is 1. The number of hydrogen-bond acceptors (Lipinski definition) is 1. The molecule has 0 aromatic carbocycles. The monoisotopic (exact) mass is 138 g/mol. The van der Waals surface area contributed by atoms with Crippen molar-refractivity contribution in [3.8, 4) is 0 Å². The Morgan fingerprint density at radius 2 is 2.40 bits per heavy atom. The molecule has 1 rings (SSSR count). The van der Waals surface area contributed by atoms with E-state index < -0.39 is 0 Å². The quantitative estimate of drug-likeness (QED) is 0.508. The van der Waals surface area contributed by atoms with E-state index in [9.17, 15) is 4.79 Å². The van der Waals surface area contributed by atoms with E-state index in [0.717, 1.165) is 6.42 Å². The van der Waals surface area contributed by atoms with Gasteiger partial charge in [-0.05, 0) is 38.2 Å². The Labute approximate surface area is 62.1 Å². The predicted molar refractivity (Wildman–Crippen MR) is 41.8 cm³/mol. The van der Waals surface area contributed by atoms with Crippen LogP contribution in [-0.2, 0) is 4.79 Å². The van der Waals surface area contributed by atoms with Crippen molar-refractivity contribution < 1.29 is 4.79 Å². The molecule has 0 amide bonds. The average molecular weight is 138 g/mol. The number of ketones is 1. The van der Waals surface area contributed by atoms with Crippen molar-refractivity contribution in [2.75, 3.05) is 0 Å². The van der Waals surface area contributed by atoms with E-state index in [1.807, 2.05) is 0 Å². The second kappa shape index (κ2) is 3.00. The second-order valence-corrected chi connectivity index (χ2v) is 3.12. The zero-order valence-corrected chi connectivity index (χ0v) is 6.68. The third-order valence-corrected chi connectivity index (χ3v) is 2.12. The van der Waals surface area contributed by atoms with Gasteiger partial charge in [-0.2, -0.15) is 0 Å². The zero-order valence-electron chi connectivity index (χ0n) is 6.68. The Morgan fingerprint density at radius 3 is 2.80 bits per heavy atom. The Hall–Kier alpha value is -0.590.